The van der Waals surface area contributed by atoms with Gasteiger partial charge in [-0.25, -0.2) is 4.57 Å². The van der Waals surface area contributed by atoms with Crippen molar-refractivity contribution in [2.75, 3.05) is 54.1 Å². The van der Waals surface area contributed by atoms with Crippen LogP contribution in [0.25, 0.3) is 0 Å². The molecular formula is C38H79NO7P+. The molecule has 0 rings (SSSR count). The summed E-state index contributed by atoms with van der Waals surface area (Å²) in [5, 5.41) is 0. The van der Waals surface area contributed by atoms with Crippen LogP contribution >= 0.6 is 7.82 Å². The Morgan fingerprint density at radius 2 is 0.979 bits per heavy atom. The fraction of sp³-hybridized carbons (Fsp3) is 0.974. The maximum Gasteiger partial charge on any atom is 0.472 e. The van der Waals surface area contributed by atoms with E-state index in [0.29, 0.717) is 24.1 Å². The number of esters is 1. The molecule has 0 aliphatic carbocycles. The molecule has 0 aliphatic heterocycles. The number of carbonyl (C=O) groups excluding carboxylic acids is 1. The Bertz CT molecular complexity index is 731. The van der Waals surface area contributed by atoms with E-state index in [4.69, 9.17) is 18.5 Å². The third-order valence-electron chi connectivity index (χ3n) is 8.67. The monoisotopic (exact) mass is 693 g/mol. The Morgan fingerprint density at radius 1 is 0.574 bits per heavy atom. The van der Waals surface area contributed by atoms with Crippen LogP contribution in [0.3, 0.4) is 0 Å². The minimum absolute atomic E-state index is 0.0935. The Hall–Kier alpha value is -0.500. The van der Waals surface area contributed by atoms with Gasteiger partial charge in [-0.15, -0.1) is 0 Å². The largest absolute Gasteiger partial charge is 0.472 e. The lowest BCUT2D eigenvalue weighted by molar-refractivity contribution is -0.870. The fourth-order valence-corrected chi connectivity index (χ4v) is 6.29. The highest BCUT2D eigenvalue weighted by Crippen LogP contribution is 2.43. The Kier molecular flexibility index (Phi) is 32.3. The Morgan fingerprint density at radius 3 is 1.40 bits per heavy atom. The van der Waals surface area contributed by atoms with Gasteiger partial charge in [0.05, 0.1) is 34.4 Å². The summed E-state index contributed by atoms with van der Waals surface area (Å²) in [5.41, 5.74) is 0. The van der Waals surface area contributed by atoms with Crippen LogP contribution in [0.2, 0.25) is 0 Å². The van der Waals surface area contributed by atoms with Crippen molar-refractivity contribution in [1.29, 1.82) is 0 Å². The van der Waals surface area contributed by atoms with E-state index in [0.717, 1.165) is 32.1 Å². The number of hydrogen-bond donors (Lipinski definition) is 1. The topological polar surface area (TPSA) is 91.3 Å². The molecule has 0 aromatic rings. The number of unbranched alkanes of at least 4 members (excludes halogenated alkanes) is 23. The molecule has 9 heteroatoms. The molecule has 0 bridgehead atoms. The van der Waals surface area contributed by atoms with Crippen molar-refractivity contribution in [3.05, 3.63) is 0 Å². The number of carbonyl (C=O) groups is 1. The van der Waals surface area contributed by atoms with Gasteiger partial charge < -0.3 is 18.9 Å². The van der Waals surface area contributed by atoms with E-state index >= 15 is 0 Å². The van der Waals surface area contributed by atoms with Crippen molar-refractivity contribution in [2.45, 2.75) is 187 Å². The van der Waals surface area contributed by atoms with Crippen LogP contribution in [-0.4, -0.2) is 75.6 Å². The number of rotatable bonds is 37. The lowest BCUT2D eigenvalue weighted by Gasteiger charge is -2.24. The molecule has 0 heterocycles. The normalized spacial score (nSPS) is 13.9. The van der Waals surface area contributed by atoms with Crippen LogP contribution in [0.1, 0.15) is 181 Å². The number of likely N-dealkylation sites (N-methyl/N-ethyl adjacent to an activating group) is 1. The fourth-order valence-electron chi connectivity index (χ4n) is 5.55. The summed E-state index contributed by atoms with van der Waals surface area (Å²) >= 11 is 0. The summed E-state index contributed by atoms with van der Waals surface area (Å²) in [5.74, 6) is -0.312. The van der Waals surface area contributed by atoms with Gasteiger partial charge in [0.15, 0.2) is 0 Å². The van der Waals surface area contributed by atoms with Gasteiger partial charge in [-0.2, -0.15) is 0 Å². The first-order valence-electron chi connectivity index (χ1n) is 19.8. The third-order valence-corrected chi connectivity index (χ3v) is 9.65. The van der Waals surface area contributed by atoms with Gasteiger partial charge in [0.2, 0.25) is 0 Å². The summed E-state index contributed by atoms with van der Waals surface area (Å²) in [4.78, 5) is 22.7. The summed E-state index contributed by atoms with van der Waals surface area (Å²) in [6.45, 7) is 5.65. The molecule has 2 atom stereocenters. The summed E-state index contributed by atoms with van der Waals surface area (Å²) in [7, 11) is 1.68. The highest BCUT2D eigenvalue weighted by atomic mass is 31.2. The Balaban J connectivity index is 4.24. The van der Waals surface area contributed by atoms with E-state index in [9.17, 15) is 14.3 Å². The van der Waals surface area contributed by atoms with Crippen molar-refractivity contribution in [3.63, 3.8) is 0 Å². The zero-order valence-corrected chi connectivity index (χ0v) is 32.7. The number of ether oxygens (including phenoxy) is 2. The lowest BCUT2D eigenvalue weighted by atomic mass is 10.0. The number of phosphoric ester groups is 1. The molecule has 2 unspecified atom stereocenters. The molecule has 1 N–H and O–H groups in total. The highest BCUT2D eigenvalue weighted by Gasteiger charge is 2.26. The van der Waals surface area contributed by atoms with Crippen molar-refractivity contribution >= 4 is 13.8 Å². The first-order chi connectivity index (χ1) is 22.6. The molecule has 0 aliphatic rings. The summed E-state index contributed by atoms with van der Waals surface area (Å²) in [6, 6.07) is 0. The molecular weight excluding hydrogens is 613 g/mol. The van der Waals surface area contributed by atoms with Gasteiger partial charge in [-0.05, 0) is 12.8 Å². The quantitative estimate of drug-likeness (QED) is 0.0300. The van der Waals surface area contributed by atoms with Gasteiger partial charge >= 0.3 is 13.8 Å². The van der Waals surface area contributed by atoms with E-state index in [1.807, 2.05) is 21.1 Å². The first-order valence-corrected chi connectivity index (χ1v) is 21.3. The zero-order valence-electron chi connectivity index (χ0n) is 31.8. The average Bonchev–Trinajstić information content (AvgIpc) is 3.01. The van der Waals surface area contributed by atoms with E-state index in [-0.39, 0.29) is 25.8 Å². The van der Waals surface area contributed by atoms with Crippen LogP contribution in [0, 0.1) is 0 Å². The number of phosphoric acid groups is 1. The third kappa shape index (κ3) is 36.6. The second-order valence-electron chi connectivity index (χ2n) is 14.7. The SMILES string of the molecule is CCCCCCCCCCCCCCCCOCC(COP(=O)(O)OCC[N+](C)(C)C)OC(=O)CCCCCCCCCCCCC. The molecule has 0 aromatic carbocycles. The summed E-state index contributed by atoms with van der Waals surface area (Å²) < 4.78 is 34.9. The minimum Gasteiger partial charge on any atom is -0.457 e. The molecule has 282 valence electrons. The predicted octanol–water partition coefficient (Wildman–Crippen LogP) is 10.9. The van der Waals surface area contributed by atoms with Crippen molar-refractivity contribution in [2.24, 2.45) is 0 Å². The van der Waals surface area contributed by atoms with Crippen LogP contribution < -0.4 is 0 Å². The first kappa shape index (κ1) is 46.5. The Labute approximate surface area is 291 Å². The van der Waals surface area contributed by atoms with Crippen LogP contribution in [0.5, 0.6) is 0 Å². The van der Waals surface area contributed by atoms with Crippen LogP contribution in [0.4, 0.5) is 0 Å². The van der Waals surface area contributed by atoms with Crippen molar-refractivity contribution in [1.82, 2.24) is 0 Å². The smallest absolute Gasteiger partial charge is 0.457 e. The number of hydrogen-bond acceptors (Lipinski definition) is 6. The van der Waals surface area contributed by atoms with Crippen molar-refractivity contribution in [3.8, 4) is 0 Å². The van der Waals surface area contributed by atoms with Crippen LogP contribution in [0.15, 0.2) is 0 Å². The average molecular weight is 693 g/mol. The molecule has 0 saturated carbocycles. The van der Waals surface area contributed by atoms with E-state index < -0.39 is 13.9 Å². The van der Waals surface area contributed by atoms with E-state index in [2.05, 4.69) is 13.8 Å². The second kappa shape index (κ2) is 32.7. The molecule has 8 nitrogen and oxygen atoms in total. The molecule has 0 radical (unpaired) electrons. The number of nitrogens with zero attached hydrogens (tertiary/aromatic N) is 1. The van der Waals surface area contributed by atoms with Gasteiger partial charge in [-0.1, -0.05) is 162 Å². The molecule has 0 fully saturated rings. The standard InChI is InChI=1S/C38H78NO7P/c1-6-8-10-12-14-16-18-19-20-22-24-26-28-30-33-43-35-37(36-45-47(41,42)44-34-32-39(3,4)5)46-38(40)31-29-27-25-23-21-17-15-13-11-9-7-2/h37H,6-36H2,1-5H3/p+1. The van der Waals surface area contributed by atoms with Crippen molar-refractivity contribution < 1.29 is 37.3 Å². The minimum atomic E-state index is -4.26. The van der Waals surface area contributed by atoms with Gasteiger partial charge in [0, 0.05) is 13.0 Å². The highest BCUT2D eigenvalue weighted by molar-refractivity contribution is 7.47. The molecule has 0 spiro atoms. The predicted molar refractivity (Wildman–Crippen MR) is 197 cm³/mol. The van der Waals surface area contributed by atoms with Gasteiger partial charge in [0.25, 0.3) is 0 Å². The molecule has 0 amide bonds. The maximum absolute atomic E-state index is 12.6. The molecule has 47 heavy (non-hydrogen) atoms. The lowest BCUT2D eigenvalue weighted by Crippen LogP contribution is -2.37. The number of quaternary nitrogens is 1. The van der Waals surface area contributed by atoms with Crippen LogP contribution in [-0.2, 0) is 27.9 Å². The van der Waals surface area contributed by atoms with E-state index in [1.54, 1.807) is 0 Å². The second-order valence-corrected chi connectivity index (χ2v) is 16.1. The van der Waals surface area contributed by atoms with Gasteiger partial charge in [-0.3, -0.25) is 13.8 Å². The maximum atomic E-state index is 12.6. The molecule has 0 aromatic heterocycles. The molecule has 0 saturated heterocycles. The van der Waals surface area contributed by atoms with E-state index in [1.165, 1.54) is 128 Å². The van der Waals surface area contributed by atoms with Gasteiger partial charge in [0.1, 0.15) is 19.3 Å². The summed E-state index contributed by atoms with van der Waals surface area (Å²) in [6.07, 6.45) is 31.2. The zero-order chi connectivity index (χ0) is 34.9.